The predicted molar refractivity (Wildman–Crippen MR) is 64.4 cm³/mol. The van der Waals surface area contributed by atoms with Crippen LogP contribution in [0.15, 0.2) is 23.1 Å². The maximum Gasteiger partial charge on any atom is 0.251 e. The Morgan fingerprint density at radius 2 is 2.29 bits per heavy atom. The molecule has 1 rings (SSSR count). The maximum atomic E-state index is 11.6. The van der Waals surface area contributed by atoms with E-state index in [1.807, 2.05) is 0 Å². The van der Waals surface area contributed by atoms with Crippen molar-refractivity contribution in [2.45, 2.75) is 25.9 Å². The molecule has 0 saturated carbocycles. The second-order valence-corrected chi connectivity index (χ2v) is 3.91. The molecule has 4 N–H and O–H groups in total. The van der Waals surface area contributed by atoms with E-state index in [1.54, 1.807) is 6.92 Å². The lowest BCUT2D eigenvalue weighted by molar-refractivity contribution is -0.122. The van der Waals surface area contributed by atoms with E-state index in [9.17, 15) is 9.59 Å². The number of anilines is 1. The molecule has 6 nitrogen and oxygen atoms in total. The lowest BCUT2D eigenvalue weighted by Crippen LogP contribution is -2.37. The number of nitrogens with two attached hydrogens (primary N) is 1. The zero-order chi connectivity index (χ0) is 12.8. The Morgan fingerprint density at radius 3 is 2.94 bits per heavy atom. The Labute approximate surface area is 99.1 Å². The highest BCUT2D eigenvalue weighted by atomic mass is 16.3. The van der Waals surface area contributed by atoms with Gasteiger partial charge in [0.1, 0.15) is 6.54 Å². The van der Waals surface area contributed by atoms with Crippen molar-refractivity contribution < 1.29 is 9.90 Å². The summed E-state index contributed by atoms with van der Waals surface area (Å²) < 4.78 is 1.25. The van der Waals surface area contributed by atoms with Gasteiger partial charge in [-0.1, -0.05) is 0 Å². The lowest BCUT2D eigenvalue weighted by atomic mass is 10.2. The topological polar surface area (TPSA) is 97.3 Å². The first kappa shape index (κ1) is 13.2. The van der Waals surface area contributed by atoms with Crippen LogP contribution in [-0.2, 0) is 11.3 Å². The number of hydrogen-bond donors (Lipinski definition) is 3. The van der Waals surface area contributed by atoms with Crippen molar-refractivity contribution in [2.75, 3.05) is 12.3 Å². The van der Waals surface area contributed by atoms with Crippen LogP contribution < -0.4 is 16.6 Å². The molecule has 0 saturated heterocycles. The molecule has 0 aliphatic carbocycles. The smallest absolute Gasteiger partial charge is 0.251 e. The van der Waals surface area contributed by atoms with Crippen LogP contribution in [0.2, 0.25) is 0 Å². The molecule has 0 aliphatic rings. The minimum atomic E-state index is -0.279. The van der Waals surface area contributed by atoms with Crippen LogP contribution >= 0.6 is 0 Å². The fourth-order valence-corrected chi connectivity index (χ4v) is 1.41. The van der Waals surface area contributed by atoms with E-state index in [0.717, 1.165) is 0 Å². The molecule has 0 aliphatic heterocycles. The van der Waals surface area contributed by atoms with Gasteiger partial charge in [0.05, 0.1) is 0 Å². The summed E-state index contributed by atoms with van der Waals surface area (Å²) in [7, 11) is 0. The van der Waals surface area contributed by atoms with Crippen molar-refractivity contribution >= 4 is 11.6 Å². The molecule has 1 unspecified atom stereocenters. The minimum absolute atomic E-state index is 0.0136. The first-order valence-electron chi connectivity index (χ1n) is 5.39. The monoisotopic (exact) mass is 239 g/mol. The second kappa shape index (κ2) is 6.05. The van der Waals surface area contributed by atoms with Gasteiger partial charge in [-0.15, -0.1) is 0 Å². The fraction of sp³-hybridized carbons (Fsp3) is 0.455. The van der Waals surface area contributed by atoms with Gasteiger partial charge >= 0.3 is 0 Å². The van der Waals surface area contributed by atoms with Gasteiger partial charge < -0.3 is 20.7 Å². The third kappa shape index (κ3) is 4.28. The summed E-state index contributed by atoms with van der Waals surface area (Å²) >= 11 is 0. The summed E-state index contributed by atoms with van der Waals surface area (Å²) in [6.45, 7) is 1.73. The molecular formula is C11H17N3O3. The summed E-state index contributed by atoms with van der Waals surface area (Å²) in [6, 6.07) is 2.69. The van der Waals surface area contributed by atoms with Crippen LogP contribution in [0.3, 0.4) is 0 Å². The molecule has 1 aromatic rings. The van der Waals surface area contributed by atoms with E-state index < -0.39 is 0 Å². The van der Waals surface area contributed by atoms with Crippen LogP contribution in [0.5, 0.6) is 0 Å². The third-order valence-electron chi connectivity index (χ3n) is 2.29. The Hall–Kier alpha value is -1.82. The van der Waals surface area contributed by atoms with Gasteiger partial charge in [-0.2, -0.15) is 0 Å². The summed E-state index contributed by atoms with van der Waals surface area (Å²) in [5.74, 6) is -0.279. The Kier molecular flexibility index (Phi) is 4.71. The van der Waals surface area contributed by atoms with E-state index in [-0.39, 0.29) is 30.7 Å². The number of nitrogen functional groups attached to an aromatic ring is 1. The highest BCUT2D eigenvalue weighted by Crippen LogP contribution is 1.96. The molecular weight excluding hydrogens is 222 g/mol. The quantitative estimate of drug-likeness (QED) is 0.634. The number of hydrogen-bond acceptors (Lipinski definition) is 4. The standard InChI is InChI=1S/C11H17N3O3/c1-8(4-5-15)13-10(16)7-14-6-9(12)2-3-11(14)17/h2-3,6,8,15H,4-5,7,12H2,1H3,(H,13,16). The van der Waals surface area contributed by atoms with Crippen molar-refractivity contribution in [2.24, 2.45) is 0 Å². The summed E-state index contributed by atoms with van der Waals surface area (Å²) in [6.07, 6.45) is 1.91. The van der Waals surface area contributed by atoms with Crippen molar-refractivity contribution in [1.82, 2.24) is 9.88 Å². The van der Waals surface area contributed by atoms with E-state index >= 15 is 0 Å². The Morgan fingerprint density at radius 1 is 1.59 bits per heavy atom. The van der Waals surface area contributed by atoms with Crippen molar-refractivity contribution in [1.29, 1.82) is 0 Å². The average molecular weight is 239 g/mol. The van der Waals surface area contributed by atoms with Gasteiger partial charge in [0.15, 0.2) is 0 Å². The normalized spacial score (nSPS) is 12.1. The van der Waals surface area contributed by atoms with Crippen molar-refractivity contribution in [3.8, 4) is 0 Å². The molecule has 0 bridgehead atoms. The SMILES string of the molecule is CC(CCO)NC(=O)Cn1cc(N)ccc1=O. The van der Waals surface area contributed by atoms with Crippen LogP contribution in [0.1, 0.15) is 13.3 Å². The molecule has 0 spiro atoms. The Balaban J connectivity index is 2.62. The van der Waals surface area contributed by atoms with Crippen molar-refractivity contribution in [3.05, 3.63) is 28.7 Å². The Bertz CT molecular complexity index is 442. The average Bonchev–Trinajstić information content (AvgIpc) is 2.23. The molecule has 6 heteroatoms. The fourth-order valence-electron chi connectivity index (χ4n) is 1.41. The van der Waals surface area contributed by atoms with E-state index in [0.29, 0.717) is 12.1 Å². The first-order valence-corrected chi connectivity index (χ1v) is 5.39. The van der Waals surface area contributed by atoms with Crippen LogP contribution in [0.25, 0.3) is 0 Å². The van der Waals surface area contributed by atoms with Crippen LogP contribution in [-0.4, -0.2) is 28.2 Å². The zero-order valence-corrected chi connectivity index (χ0v) is 9.72. The van der Waals surface area contributed by atoms with E-state index in [2.05, 4.69) is 5.32 Å². The van der Waals surface area contributed by atoms with Crippen LogP contribution in [0.4, 0.5) is 5.69 Å². The minimum Gasteiger partial charge on any atom is -0.398 e. The number of nitrogens with zero attached hydrogens (tertiary/aromatic N) is 1. The number of carbonyl (C=O) groups excluding carboxylic acids is 1. The molecule has 1 atom stereocenters. The molecule has 1 heterocycles. The summed E-state index contributed by atoms with van der Waals surface area (Å²) in [5, 5.41) is 11.4. The molecule has 1 amide bonds. The number of amides is 1. The molecule has 17 heavy (non-hydrogen) atoms. The summed E-state index contributed by atoms with van der Waals surface area (Å²) in [5.41, 5.74) is 5.69. The maximum absolute atomic E-state index is 11.6. The molecule has 1 aromatic heterocycles. The third-order valence-corrected chi connectivity index (χ3v) is 2.29. The number of aliphatic hydroxyl groups excluding tert-OH is 1. The van der Waals surface area contributed by atoms with E-state index in [1.165, 1.54) is 22.9 Å². The van der Waals surface area contributed by atoms with E-state index in [4.69, 9.17) is 10.8 Å². The van der Waals surface area contributed by atoms with Crippen molar-refractivity contribution in [3.63, 3.8) is 0 Å². The highest BCUT2D eigenvalue weighted by Gasteiger charge is 2.08. The second-order valence-electron chi connectivity index (χ2n) is 3.91. The van der Waals surface area contributed by atoms with Gasteiger partial charge in [-0.3, -0.25) is 9.59 Å². The number of pyridine rings is 1. The molecule has 0 radical (unpaired) electrons. The largest absolute Gasteiger partial charge is 0.398 e. The van der Waals surface area contributed by atoms with Gasteiger partial charge in [0.2, 0.25) is 5.91 Å². The van der Waals surface area contributed by atoms with Crippen LogP contribution in [0, 0.1) is 0 Å². The predicted octanol–water partition coefficient (Wildman–Crippen LogP) is -0.682. The number of carbonyl (C=O) groups is 1. The first-order chi connectivity index (χ1) is 8.02. The highest BCUT2D eigenvalue weighted by molar-refractivity contribution is 5.76. The van der Waals surface area contributed by atoms with Gasteiger partial charge in [-0.05, 0) is 19.4 Å². The zero-order valence-electron chi connectivity index (χ0n) is 9.72. The van der Waals surface area contributed by atoms with Gasteiger partial charge in [-0.25, -0.2) is 0 Å². The number of aromatic nitrogens is 1. The molecule has 0 fully saturated rings. The van der Waals surface area contributed by atoms with Gasteiger partial charge in [0.25, 0.3) is 5.56 Å². The van der Waals surface area contributed by atoms with Gasteiger partial charge in [0, 0.05) is 30.6 Å². The number of nitrogens with one attached hydrogen (secondary N) is 1. The number of rotatable bonds is 5. The molecule has 0 aromatic carbocycles. The lowest BCUT2D eigenvalue weighted by Gasteiger charge is -2.13. The molecule has 94 valence electrons. The number of aliphatic hydroxyl groups is 1. The summed E-state index contributed by atoms with van der Waals surface area (Å²) in [4.78, 5) is 23.0.